The van der Waals surface area contributed by atoms with Gasteiger partial charge in [0.1, 0.15) is 5.75 Å². The summed E-state index contributed by atoms with van der Waals surface area (Å²) >= 11 is 5.84. The maximum absolute atomic E-state index is 12.8. The van der Waals surface area contributed by atoms with Gasteiger partial charge in [-0.15, -0.1) is 0 Å². The first-order valence-electron chi connectivity index (χ1n) is 8.00. The van der Waals surface area contributed by atoms with Gasteiger partial charge in [0.25, 0.3) is 10.0 Å². The first kappa shape index (κ1) is 16.2. The molecule has 1 aliphatic rings. The van der Waals surface area contributed by atoms with E-state index in [1.54, 1.807) is 36.4 Å². The van der Waals surface area contributed by atoms with Gasteiger partial charge in [0.05, 0.1) is 17.2 Å². The molecule has 6 heteroatoms. The minimum Gasteiger partial charge on any atom is -0.494 e. The van der Waals surface area contributed by atoms with Crippen molar-refractivity contribution in [1.82, 2.24) is 0 Å². The molecule has 0 radical (unpaired) electrons. The highest BCUT2D eigenvalue weighted by atomic mass is 35.5. The van der Waals surface area contributed by atoms with Crippen LogP contribution in [-0.4, -0.2) is 21.6 Å². The Labute approximate surface area is 151 Å². The highest BCUT2D eigenvalue weighted by Crippen LogP contribution is 2.41. The van der Waals surface area contributed by atoms with Crippen LogP contribution in [0.25, 0.3) is 10.8 Å². The molecule has 3 aromatic rings. The van der Waals surface area contributed by atoms with E-state index in [1.807, 2.05) is 24.3 Å². The van der Waals surface area contributed by atoms with E-state index in [9.17, 15) is 8.42 Å². The zero-order valence-corrected chi connectivity index (χ0v) is 14.9. The topological polar surface area (TPSA) is 46.6 Å². The number of rotatable bonds is 5. The molecule has 0 spiro atoms. The Morgan fingerprint density at radius 2 is 1.68 bits per heavy atom. The Morgan fingerprint density at radius 3 is 2.44 bits per heavy atom. The van der Waals surface area contributed by atoms with E-state index in [0.29, 0.717) is 29.5 Å². The Balaban J connectivity index is 1.50. The van der Waals surface area contributed by atoms with Crippen molar-refractivity contribution in [2.45, 2.75) is 11.3 Å². The Morgan fingerprint density at radius 1 is 0.960 bits per heavy atom. The predicted molar refractivity (Wildman–Crippen MR) is 100 cm³/mol. The number of benzene rings is 3. The van der Waals surface area contributed by atoms with E-state index >= 15 is 0 Å². The molecular formula is C19H16ClNO3S. The van der Waals surface area contributed by atoms with Gasteiger partial charge < -0.3 is 4.74 Å². The Kier molecular flexibility index (Phi) is 4.06. The molecular weight excluding hydrogens is 358 g/mol. The van der Waals surface area contributed by atoms with Gasteiger partial charge in [-0.3, -0.25) is 4.31 Å². The summed E-state index contributed by atoms with van der Waals surface area (Å²) in [4.78, 5) is 0.388. The molecule has 3 aromatic carbocycles. The van der Waals surface area contributed by atoms with Crippen LogP contribution >= 0.6 is 11.6 Å². The molecule has 0 amide bonds. The van der Waals surface area contributed by atoms with E-state index in [1.165, 1.54) is 4.31 Å². The van der Waals surface area contributed by atoms with Gasteiger partial charge in [-0.2, -0.15) is 0 Å². The second kappa shape index (κ2) is 6.24. The number of anilines is 1. The smallest absolute Gasteiger partial charge is 0.265 e. The van der Waals surface area contributed by atoms with Crippen LogP contribution in [-0.2, 0) is 10.0 Å². The Bertz CT molecular complexity index is 1030. The molecule has 0 aromatic heterocycles. The second-order valence-corrected chi connectivity index (χ2v) is 8.13. The monoisotopic (exact) mass is 373 g/mol. The van der Waals surface area contributed by atoms with Crippen molar-refractivity contribution in [1.29, 1.82) is 0 Å². The number of sulfonamides is 1. The van der Waals surface area contributed by atoms with Gasteiger partial charge in [0, 0.05) is 23.4 Å². The lowest BCUT2D eigenvalue weighted by Gasteiger charge is -2.18. The summed E-state index contributed by atoms with van der Waals surface area (Å²) < 4.78 is 32.8. The minimum absolute atomic E-state index is 0.379. The van der Waals surface area contributed by atoms with Crippen molar-refractivity contribution in [2.75, 3.05) is 17.5 Å². The summed E-state index contributed by atoms with van der Waals surface area (Å²) in [7, 11) is -3.49. The van der Waals surface area contributed by atoms with Gasteiger partial charge in [-0.05, 0) is 41.8 Å². The third-order valence-corrected chi connectivity index (χ3v) is 6.38. The maximum Gasteiger partial charge on any atom is 0.265 e. The molecule has 128 valence electrons. The van der Waals surface area contributed by atoms with Crippen molar-refractivity contribution in [3.63, 3.8) is 0 Å². The molecule has 4 nitrogen and oxygen atoms in total. The highest BCUT2D eigenvalue weighted by Gasteiger charge is 2.34. The second-order valence-electron chi connectivity index (χ2n) is 5.86. The molecule has 0 saturated heterocycles. The molecule has 0 fully saturated rings. The third kappa shape index (κ3) is 2.83. The number of halogens is 1. The number of hydrogen-bond acceptors (Lipinski definition) is 3. The summed E-state index contributed by atoms with van der Waals surface area (Å²) in [5.74, 6) is 0.721. The minimum atomic E-state index is -3.49. The van der Waals surface area contributed by atoms with Gasteiger partial charge in [-0.1, -0.05) is 35.9 Å². The third-order valence-electron chi connectivity index (χ3n) is 4.27. The molecule has 0 atom stereocenters. The van der Waals surface area contributed by atoms with E-state index in [4.69, 9.17) is 16.3 Å². The highest BCUT2D eigenvalue weighted by molar-refractivity contribution is 7.93. The standard InChI is InChI=1S/C19H16ClNO3S/c20-15-8-10-16(11-9-15)24-13-3-12-21-17-6-1-4-14-5-2-7-18(19(14)17)25(21,22)23/h1-2,4-11H,3,12-13H2. The van der Waals surface area contributed by atoms with Gasteiger partial charge >= 0.3 is 0 Å². The summed E-state index contributed by atoms with van der Waals surface area (Å²) in [6, 6.07) is 18.2. The lowest BCUT2D eigenvalue weighted by Crippen LogP contribution is -2.29. The van der Waals surface area contributed by atoms with Crippen molar-refractivity contribution < 1.29 is 13.2 Å². The van der Waals surface area contributed by atoms with E-state index in [2.05, 4.69) is 0 Å². The lowest BCUT2D eigenvalue weighted by atomic mass is 10.1. The SMILES string of the molecule is O=S1(=O)c2cccc3cccc(c23)N1CCCOc1ccc(Cl)cc1. The van der Waals surface area contributed by atoms with Crippen molar-refractivity contribution >= 4 is 38.1 Å². The fourth-order valence-corrected chi connectivity index (χ4v) is 5.00. The van der Waals surface area contributed by atoms with Gasteiger partial charge in [0.2, 0.25) is 0 Å². The number of hydrogen-bond donors (Lipinski definition) is 0. The van der Waals surface area contributed by atoms with Crippen molar-refractivity contribution in [2.24, 2.45) is 0 Å². The predicted octanol–water partition coefficient (Wildman–Crippen LogP) is 4.47. The van der Waals surface area contributed by atoms with E-state index in [0.717, 1.165) is 22.2 Å². The van der Waals surface area contributed by atoms with Crippen LogP contribution < -0.4 is 9.04 Å². The molecule has 1 aliphatic heterocycles. The molecule has 0 N–H and O–H groups in total. The van der Waals surface area contributed by atoms with Crippen LogP contribution in [0.15, 0.2) is 65.6 Å². The normalized spacial score (nSPS) is 14.8. The summed E-state index contributed by atoms with van der Waals surface area (Å²) in [6.45, 7) is 0.809. The average molecular weight is 374 g/mol. The van der Waals surface area contributed by atoms with Gasteiger partial charge in [-0.25, -0.2) is 8.42 Å². The van der Waals surface area contributed by atoms with Crippen LogP contribution in [0.5, 0.6) is 5.75 Å². The zero-order chi connectivity index (χ0) is 17.4. The zero-order valence-electron chi connectivity index (χ0n) is 13.4. The lowest BCUT2D eigenvalue weighted by molar-refractivity contribution is 0.313. The molecule has 4 rings (SSSR count). The molecule has 0 unspecified atom stereocenters. The summed E-state index contributed by atoms with van der Waals surface area (Å²) in [6.07, 6.45) is 0.590. The molecule has 0 saturated carbocycles. The fraction of sp³-hybridized carbons (Fsp3) is 0.158. The number of ether oxygens (including phenoxy) is 1. The van der Waals surface area contributed by atoms with Crippen LogP contribution in [0.4, 0.5) is 5.69 Å². The summed E-state index contributed by atoms with van der Waals surface area (Å²) in [5, 5.41) is 2.41. The summed E-state index contributed by atoms with van der Waals surface area (Å²) in [5.41, 5.74) is 0.750. The van der Waals surface area contributed by atoms with Gasteiger partial charge in [0.15, 0.2) is 0 Å². The van der Waals surface area contributed by atoms with E-state index < -0.39 is 10.0 Å². The first-order chi connectivity index (χ1) is 12.1. The maximum atomic E-state index is 12.8. The van der Waals surface area contributed by atoms with Crippen molar-refractivity contribution in [3.05, 3.63) is 65.7 Å². The molecule has 25 heavy (non-hydrogen) atoms. The van der Waals surface area contributed by atoms with Crippen LogP contribution in [0, 0.1) is 0 Å². The van der Waals surface area contributed by atoms with Crippen LogP contribution in [0.1, 0.15) is 6.42 Å². The Hall–Kier alpha value is -2.24. The first-order valence-corrected chi connectivity index (χ1v) is 9.82. The molecule has 1 heterocycles. The molecule has 0 aliphatic carbocycles. The van der Waals surface area contributed by atoms with Crippen LogP contribution in [0.3, 0.4) is 0 Å². The van der Waals surface area contributed by atoms with Crippen LogP contribution in [0.2, 0.25) is 5.02 Å². The largest absolute Gasteiger partial charge is 0.494 e. The quantitative estimate of drug-likeness (QED) is 0.620. The van der Waals surface area contributed by atoms with Crippen molar-refractivity contribution in [3.8, 4) is 5.75 Å². The average Bonchev–Trinajstić information content (AvgIpc) is 2.83. The molecule has 0 bridgehead atoms. The number of nitrogens with zero attached hydrogens (tertiary/aromatic N) is 1. The fourth-order valence-electron chi connectivity index (χ4n) is 3.13. The van der Waals surface area contributed by atoms with E-state index in [-0.39, 0.29) is 0 Å².